The van der Waals surface area contributed by atoms with Crippen molar-refractivity contribution in [1.29, 1.82) is 0 Å². The van der Waals surface area contributed by atoms with Crippen LogP contribution in [0.1, 0.15) is 45.4 Å². The number of aliphatic hydroxyl groups is 2. The first-order valence-corrected chi connectivity index (χ1v) is 26.4. The zero-order valence-electron chi connectivity index (χ0n) is 43.7. The molecule has 0 bridgehead atoms. The van der Waals surface area contributed by atoms with Crippen molar-refractivity contribution in [3.8, 4) is 0 Å². The van der Waals surface area contributed by atoms with Gasteiger partial charge in [-0.1, -0.05) is 212 Å². The van der Waals surface area contributed by atoms with Gasteiger partial charge in [0.2, 0.25) is 0 Å². The molecule has 2 aliphatic heterocycles. The standard InChI is InChI=1S/C64H71NO12/c1-65-63(66,60-58(73-42-51-32-18-7-19-33-51)56(71-40-49-28-14-5-15-29-49)59(62(68-2)76-60)74-43-52-34-20-8-21-35-52)46-64(67)61(75-44-53-36-22-9-23-37-53)57(72-41-50-30-16-6-17-31-50)55(70-39-48-26-12-4-13-27-48)54(77-64)45-69-38-47-24-10-3-11-25-47/h3-37,54-62,65-67H,38-46H2,1-2H3/t54-,55-,56+,57+,58+,59-,60+,61-,62+,63-,64+/m1/s1. The quantitative estimate of drug-likeness (QED) is 0.0421. The van der Waals surface area contributed by atoms with E-state index in [0.717, 1.165) is 38.9 Å². The molecular weight excluding hydrogens is 975 g/mol. The zero-order chi connectivity index (χ0) is 53.1. The SMILES string of the molecule is CN[C@@](O)(C[C@]1(O)O[C@H](COCc2ccccc2)[C@@H](OCc2ccccc2)[C@H](OCc2ccccc2)[C@H]1OCc1ccccc1)[C@H]1O[C@H](OC)[C@H](OCc2ccccc2)[C@@H](OCc2ccccc2)[C@@H]1OCc1ccccc1. The van der Waals surface area contributed by atoms with Crippen LogP contribution < -0.4 is 5.32 Å². The molecule has 0 amide bonds. The van der Waals surface area contributed by atoms with Crippen LogP contribution in [0.2, 0.25) is 0 Å². The predicted octanol–water partition coefficient (Wildman–Crippen LogP) is 9.47. The van der Waals surface area contributed by atoms with Crippen molar-refractivity contribution in [3.63, 3.8) is 0 Å². The first-order chi connectivity index (χ1) is 37.8. The normalized spacial score (nSPS) is 25.2. The monoisotopic (exact) mass is 1050 g/mol. The summed E-state index contributed by atoms with van der Waals surface area (Å²) in [5.41, 5.74) is 4.11. The Kier molecular flexibility index (Phi) is 20.3. The lowest BCUT2D eigenvalue weighted by molar-refractivity contribution is -0.394. The summed E-state index contributed by atoms with van der Waals surface area (Å²) >= 11 is 0. The third kappa shape index (κ3) is 15.2. The van der Waals surface area contributed by atoms with Gasteiger partial charge in [-0.3, -0.25) is 5.32 Å². The first-order valence-electron chi connectivity index (χ1n) is 26.4. The molecule has 0 aliphatic carbocycles. The maximum absolute atomic E-state index is 13.8. The molecule has 3 N–H and O–H groups in total. The molecule has 2 fully saturated rings. The van der Waals surface area contributed by atoms with E-state index in [1.54, 1.807) is 7.05 Å². The summed E-state index contributed by atoms with van der Waals surface area (Å²) in [7, 11) is 3.12. The van der Waals surface area contributed by atoms with Gasteiger partial charge in [-0.25, -0.2) is 0 Å². The minimum Gasteiger partial charge on any atom is -0.374 e. The fraction of sp³-hybridized carbons (Fsp3) is 0.344. The molecule has 0 radical (unpaired) electrons. The summed E-state index contributed by atoms with van der Waals surface area (Å²) in [4.78, 5) is 0. The Balaban J connectivity index is 1.12. The van der Waals surface area contributed by atoms with Gasteiger partial charge < -0.3 is 57.6 Å². The highest BCUT2D eigenvalue weighted by Gasteiger charge is 2.63. The molecule has 2 aliphatic rings. The molecule has 2 saturated heterocycles. The van der Waals surface area contributed by atoms with Crippen molar-refractivity contribution in [1.82, 2.24) is 5.32 Å². The van der Waals surface area contributed by atoms with Crippen LogP contribution >= 0.6 is 0 Å². The third-order valence-corrected chi connectivity index (χ3v) is 14.0. The maximum atomic E-state index is 13.8. The van der Waals surface area contributed by atoms with E-state index in [0.29, 0.717) is 0 Å². The molecule has 404 valence electrons. The van der Waals surface area contributed by atoms with Crippen LogP contribution in [0.25, 0.3) is 0 Å². The summed E-state index contributed by atoms with van der Waals surface area (Å²) < 4.78 is 68.1. The van der Waals surface area contributed by atoms with Crippen LogP contribution in [-0.4, -0.2) is 97.6 Å². The predicted molar refractivity (Wildman–Crippen MR) is 290 cm³/mol. The molecule has 0 spiro atoms. The lowest BCUT2D eigenvalue weighted by Crippen LogP contribution is -2.74. The van der Waals surface area contributed by atoms with Crippen LogP contribution in [0.15, 0.2) is 212 Å². The second-order valence-corrected chi connectivity index (χ2v) is 19.5. The Morgan fingerprint density at radius 3 is 1.17 bits per heavy atom. The van der Waals surface area contributed by atoms with E-state index in [1.807, 2.05) is 212 Å². The molecule has 2 heterocycles. The second kappa shape index (κ2) is 28.1. The average molecular weight is 1050 g/mol. The number of likely N-dealkylation sites (N-methyl/N-ethyl adjacent to an activating group) is 1. The van der Waals surface area contributed by atoms with Crippen LogP contribution in [0.4, 0.5) is 0 Å². The molecular formula is C64H71NO12. The van der Waals surface area contributed by atoms with Gasteiger partial charge in [0.05, 0.1) is 52.9 Å². The Labute approximate surface area is 452 Å². The number of hydrogen-bond acceptors (Lipinski definition) is 13. The lowest BCUT2D eigenvalue weighted by Gasteiger charge is -2.55. The van der Waals surface area contributed by atoms with Crippen molar-refractivity contribution in [2.75, 3.05) is 20.8 Å². The summed E-state index contributed by atoms with van der Waals surface area (Å²) in [6.45, 7) is 1.06. The van der Waals surface area contributed by atoms with E-state index in [2.05, 4.69) is 5.32 Å². The van der Waals surface area contributed by atoms with Gasteiger partial charge in [-0.2, -0.15) is 0 Å². The summed E-state index contributed by atoms with van der Waals surface area (Å²) in [6.07, 6.45) is -10.0. The molecule has 11 atom stereocenters. The summed E-state index contributed by atoms with van der Waals surface area (Å²) in [5.74, 6) is -2.36. The minimum absolute atomic E-state index is 0.0322. The molecule has 9 rings (SSSR count). The summed E-state index contributed by atoms with van der Waals surface area (Å²) in [6, 6.07) is 68.4. The largest absolute Gasteiger partial charge is 0.374 e. The van der Waals surface area contributed by atoms with Gasteiger partial charge in [0.15, 0.2) is 12.1 Å². The topological polar surface area (TPSA) is 145 Å². The van der Waals surface area contributed by atoms with Crippen molar-refractivity contribution in [2.45, 2.75) is 119 Å². The first kappa shape index (κ1) is 55.8. The molecule has 13 heteroatoms. The van der Waals surface area contributed by atoms with E-state index in [-0.39, 0.29) is 52.9 Å². The number of nitrogens with one attached hydrogen (secondary N) is 1. The highest BCUT2D eigenvalue weighted by molar-refractivity contribution is 5.20. The van der Waals surface area contributed by atoms with Gasteiger partial charge in [0.25, 0.3) is 0 Å². The summed E-state index contributed by atoms with van der Waals surface area (Å²) in [5, 5.41) is 30.7. The number of hydrogen-bond donors (Lipinski definition) is 3. The van der Waals surface area contributed by atoms with E-state index in [4.69, 9.17) is 47.4 Å². The third-order valence-electron chi connectivity index (χ3n) is 14.0. The maximum Gasteiger partial charge on any atom is 0.199 e. The number of rotatable bonds is 27. The average Bonchev–Trinajstić information content (AvgIpc) is 3.60. The van der Waals surface area contributed by atoms with Gasteiger partial charge in [-0.05, 0) is 46.0 Å². The number of ether oxygens (including phenoxy) is 10. The fourth-order valence-corrected chi connectivity index (χ4v) is 10.0. The Bertz CT molecular complexity index is 2740. The van der Waals surface area contributed by atoms with Gasteiger partial charge in [0.1, 0.15) is 54.6 Å². The van der Waals surface area contributed by atoms with Crippen LogP contribution in [0.3, 0.4) is 0 Å². The molecule has 13 nitrogen and oxygen atoms in total. The van der Waals surface area contributed by atoms with Gasteiger partial charge in [0, 0.05) is 13.5 Å². The van der Waals surface area contributed by atoms with Crippen LogP contribution in [0.5, 0.6) is 0 Å². The highest BCUT2D eigenvalue weighted by Crippen LogP contribution is 2.43. The Hall–Kier alpha value is -5.98. The van der Waals surface area contributed by atoms with Crippen LogP contribution in [0, 0.1) is 0 Å². The fourth-order valence-electron chi connectivity index (χ4n) is 10.0. The number of methoxy groups -OCH3 is 1. The molecule has 77 heavy (non-hydrogen) atoms. The van der Waals surface area contributed by atoms with E-state index < -0.39 is 73.1 Å². The Morgan fingerprint density at radius 1 is 0.442 bits per heavy atom. The minimum atomic E-state index is -2.36. The van der Waals surface area contributed by atoms with Crippen molar-refractivity contribution in [3.05, 3.63) is 251 Å². The zero-order valence-corrected chi connectivity index (χ0v) is 43.7. The van der Waals surface area contributed by atoms with E-state index >= 15 is 0 Å². The lowest BCUT2D eigenvalue weighted by atomic mass is 9.82. The van der Waals surface area contributed by atoms with Gasteiger partial charge in [-0.15, -0.1) is 0 Å². The molecule has 0 aromatic heterocycles. The molecule has 7 aromatic rings. The molecule has 0 saturated carbocycles. The highest BCUT2D eigenvalue weighted by atomic mass is 16.7. The van der Waals surface area contributed by atoms with E-state index in [1.165, 1.54) is 7.11 Å². The molecule has 0 unspecified atom stereocenters. The number of benzene rings is 7. The Morgan fingerprint density at radius 2 is 0.779 bits per heavy atom. The van der Waals surface area contributed by atoms with Crippen molar-refractivity contribution in [2.24, 2.45) is 0 Å². The van der Waals surface area contributed by atoms with E-state index in [9.17, 15) is 10.2 Å². The van der Waals surface area contributed by atoms with Gasteiger partial charge >= 0.3 is 0 Å². The van der Waals surface area contributed by atoms with Crippen molar-refractivity contribution < 1.29 is 57.6 Å². The smallest absolute Gasteiger partial charge is 0.199 e. The molecule has 7 aromatic carbocycles. The van der Waals surface area contributed by atoms with Crippen LogP contribution in [-0.2, 0) is 93.6 Å². The van der Waals surface area contributed by atoms with Crippen molar-refractivity contribution >= 4 is 0 Å². The second-order valence-electron chi connectivity index (χ2n) is 19.5.